The third-order valence-corrected chi connectivity index (χ3v) is 3.54. The Bertz CT molecular complexity index is 519. The van der Waals surface area contributed by atoms with Crippen LogP contribution in [0.1, 0.15) is 22.8 Å². The van der Waals surface area contributed by atoms with Crippen LogP contribution in [0.3, 0.4) is 0 Å². The van der Waals surface area contributed by atoms with Gasteiger partial charge in [-0.1, -0.05) is 15.9 Å². The van der Waals surface area contributed by atoms with Gasteiger partial charge in [-0.05, 0) is 25.1 Å². The second kappa shape index (κ2) is 5.73. The van der Waals surface area contributed by atoms with Gasteiger partial charge in [-0.2, -0.15) is 13.2 Å². The Morgan fingerprint density at radius 2 is 2.15 bits per heavy atom. The van der Waals surface area contributed by atoms with Crippen molar-refractivity contribution in [2.75, 3.05) is 19.7 Å². The highest BCUT2D eigenvalue weighted by Crippen LogP contribution is 2.34. The van der Waals surface area contributed by atoms with Crippen molar-refractivity contribution in [3.05, 3.63) is 33.8 Å². The average molecular weight is 352 g/mol. The molecule has 0 saturated carbocycles. The SMILES string of the molecule is C[C@H]1CN(C(=O)c2ccc(Br)cc2C(F)(F)F)CCO1. The van der Waals surface area contributed by atoms with E-state index in [0.717, 1.165) is 6.07 Å². The number of carbonyl (C=O) groups excluding carboxylic acids is 1. The fraction of sp³-hybridized carbons (Fsp3) is 0.462. The topological polar surface area (TPSA) is 29.5 Å². The summed E-state index contributed by atoms with van der Waals surface area (Å²) in [7, 11) is 0. The van der Waals surface area contributed by atoms with Crippen LogP contribution in [0, 0.1) is 0 Å². The van der Waals surface area contributed by atoms with Gasteiger partial charge in [0.05, 0.1) is 23.8 Å². The van der Waals surface area contributed by atoms with Gasteiger partial charge in [-0.15, -0.1) is 0 Å². The van der Waals surface area contributed by atoms with Gasteiger partial charge < -0.3 is 9.64 Å². The number of rotatable bonds is 1. The van der Waals surface area contributed by atoms with Crippen LogP contribution in [-0.2, 0) is 10.9 Å². The highest BCUT2D eigenvalue weighted by Gasteiger charge is 2.37. The van der Waals surface area contributed by atoms with Crippen molar-refractivity contribution in [3.63, 3.8) is 0 Å². The van der Waals surface area contributed by atoms with Crippen LogP contribution in [0.2, 0.25) is 0 Å². The first-order valence-corrected chi connectivity index (χ1v) is 6.86. The van der Waals surface area contributed by atoms with Crippen molar-refractivity contribution < 1.29 is 22.7 Å². The van der Waals surface area contributed by atoms with E-state index in [4.69, 9.17) is 4.74 Å². The Hall–Kier alpha value is -1.08. The minimum absolute atomic E-state index is 0.169. The predicted molar refractivity (Wildman–Crippen MR) is 70.5 cm³/mol. The summed E-state index contributed by atoms with van der Waals surface area (Å²) in [5.74, 6) is -0.611. The van der Waals surface area contributed by atoms with Crippen molar-refractivity contribution in [2.45, 2.75) is 19.2 Å². The van der Waals surface area contributed by atoms with Gasteiger partial charge in [0.1, 0.15) is 0 Å². The van der Waals surface area contributed by atoms with Gasteiger partial charge in [0.2, 0.25) is 0 Å². The van der Waals surface area contributed by atoms with Crippen LogP contribution in [0.15, 0.2) is 22.7 Å². The summed E-state index contributed by atoms with van der Waals surface area (Å²) in [6.07, 6.45) is -4.73. The van der Waals surface area contributed by atoms with Gasteiger partial charge >= 0.3 is 6.18 Å². The lowest BCUT2D eigenvalue weighted by molar-refractivity contribution is -0.138. The van der Waals surface area contributed by atoms with Crippen molar-refractivity contribution in [1.29, 1.82) is 0 Å². The smallest absolute Gasteiger partial charge is 0.375 e. The molecule has 20 heavy (non-hydrogen) atoms. The zero-order chi connectivity index (χ0) is 14.9. The summed E-state index contributed by atoms with van der Waals surface area (Å²) in [6.45, 7) is 2.72. The number of alkyl halides is 3. The minimum atomic E-state index is -4.56. The molecule has 0 radical (unpaired) electrons. The molecule has 1 amide bonds. The molecule has 1 aliphatic heterocycles. The van der Waals surface area contributed by atoms with Crippen molar-refractivity contribution in [3.8, 4) is 0 Å². The summed E-state index contributed by atoms with van der Waals surface area (Å²) in [5.41, 5.74) is -1.24. The molecular weight excluding hydrogens is 339 g/mol. The Labute approximate surface area is 122 Å². The number of amides is 1. The van der Waals surface area contributed by atoms with Crippen molar-refractivity contribution in [1.82, 2.24) is 4.90 Å². The van der Waals surface area contributed by atoms with Crippen molar-refractivity contribution in [2.24, 2.45) is 0 Å². The second-order valence-electron chi connectivity index (χ2n) is 4.62. The third-order valence-electron chi connectivity index (χ3n) is 3.05. The lowest BCUT2D eigenvalue weighted by Gasteiger charge is -2.31. The average Bonchev–Trinajstić information content (AvgIpc) is 2.37. The summed E-state index contributed by atoms with van der Waals surface area (Å²) in [6, 6.07) is 3.57. The second-order valence-corrected chi connectivity index (χ2v) is 5.54. The molecule has 0 aliphatic carbocycles. The van der Waals surface area contributed by atoms with Gasteiger partial charge in [0.25, 0.3) is 5.91 Å². The molecule has 3 nitrogen and oxygen atoms in total. The molecule has 1 saturated heterocycles. The molecule has 1 aromatic rings. The van der Waals surface area contributed by atoms with Crippen LogP contribution in [0.5, 0.6) is 0 Å². The lowest BCUT2D eigenvalue weighted by atomic mass is 10.1. The van der Waals surface area contributed by atoms with Gasteiger partial charge in [-0.3, -0.25) is 4.79 Å². The van der Waals surface area contributed by atoms with Gasteiger partial charge in [0.15, 0.2) is 0 Å². The Balaban J connectivity index is 2.34. The zero-order valence-corrected chi connectivity index (χ0v) is 12.3. The number of benzene rings is 1. The molecule has 0 aromatic heterocycles. The number of hydrogen-bond donors (Lipinski definition) is 0. The largest absolute Gasteiger partial charge is 0.417 e. The van der Waals surface area contributed by atoms with E-state index in [9.17, 15) is 18.0 Å². The monoisotopic (exact) mass is 351 g/mol. The first-order valence-electron chi connectivity index (χ1n) is 6.06. The molecule has 1 fully saturated rings. The van der Waals surface area contributed by atoms with E-state index in [1.54, 1.807) is 6.92 Å². The maximum absolute atomic E-state index is 13.0. The number of carbonyl (C=O) groups is 1. The number of ether oxygens (including phenoxy) is 1. The Kier molecular flexibility index (Phi) is 4.39. The quantitative estimate of drug-likeness (QED) is 0.776. The fourth-order valence-corrected chi connectivity index (χ4v) is 2.47. The lowest BCUT2D eigenvalue weighted by Crippen LogP contribution is -2.45. The highest BCUT2D eigenvalue weighted by molar-refractivity contribution is 9.10. The van der Waals surface area contributed by atoms with E-state index < -0.39 is 17.6 Å². The number of hydrogen-bond acceptors (Lipinski definition) is 2. The number of halogens is 4. The van der Waals surface area contributed by atoms with Crippen molar-refractivity contribution >= 4 is 21.8 Å². The molecule has 1 aromatic carbocycles. The Morgan fingerprint density at radius 3 is 2.75 bits per heavy atom. The van der Waals surface area contributed by atoms with E-state index in [0.29, 0.717) is 19.7 Å². The van der Waals surface area contributed by atoms with Crippen LogP contribution in [0.4, 0.5) is 13.2 Å². The van der Waals surface area contributed by atoms with Crippen LogP contribution in [-0.4, -0.2) is 36.6 Å². The maximum atomic E-state index is 13.0. The Morgan fingerprint density at radius 1 is 1.45 bits per heavy atom. The first-order chi connectivity index (χ1) is 9.29. The molecule has 110 valence electrons. The minimum Gasteiger partial charge on any atom is -0.375 e. The van der Waals surface area contributed by atoms with Gasteiger partial charge in [0, 0.05) is 17.6 Å². The zero-order valence-electron chi connectivity index (χ0n) is 10.7. The molecule has 1 aliphatic rings. The molecule has 0 unspecified atom stereocenters. The predicted octanol–water partition coefficient (Wildman–Crippen LogP) is 3.33. The number of nitrogens with zero attached hydrogens (tertiary/aromatic N) is 1. The third kappa shape index (κ3) is 3.32. The summed E-state index contributed by atoms with van der Waals surface area (Å²) in [4.78, 5) is 13.7. The molecule has 2 rings (SSSR count). The normalized spacial score (nSPS) is 20.1. The van der Waals surface area contributed by atoms with E-state index in [2.05, 4.69) is 15.9 Å². The van der Waals surface area contributed by atoms with Crippen LogP contribution >= 0.6 is 15.9 Å². The molecule has 1 atom stereocenters. The van der Waals surface area contributed by atoms with E-state index in [1.165, 1.54) is 17.0 Å². The molecule has 0 bridgehead atoms. The molecule has 0 N–H and O–H groups in total. The highest BCUT2D eigenvalue weighted by atomic mass is 79.9. The molecule has 0 spiro atoms. The summed E-state index contributed by atoms with van der Waals surface area (Å²) >= 11 is 3.00. The van der Waals surface area contributed by atoms with Gasteiger partial charge in [-0.25, -0.2) is 0 Å². The standard InChI is InChI=1S/C13H13BrF3NO2/c1-8-7-18(4-5-20-8)12(19)10-3-2-9(14)6-11(10)13(15,16)17/h2-3,6,8H,4-5,7H2,1H3/t8-/m0/s1. The van der Waals surface area contributed by atoms with E-state index in [1.807, 2.05) is 0 Å². The van der Waals surface area contributed by atoms with Crippen LogP contribution < -0.4 is 0 Å². The number of morpholine rings is 1. The fourth-order valence-electron chi connectivity index (χ4n) is 2.11. The van der Waals surface area contributed by atoms with E-state index in [-0.39, 0.29) is 16.1 Å². The maximum Gasteiger partial charge on any atom is 0.417 e. The van der Waals surface area contributed by atoms with Crippen LogP contribution in [0.25, 0.3) is 0 Å². The summed E-state index contributed by atoms with van der Waals surface area (Å²) in [5, 5.41) is 0. The first kappa shape index (κ1) is 15.3. The molecule has 7 heteroatoms. The van der Waals surface area contributed by atoms with E-state index >= 15 is 0 Å². The molecule has 1 heterocycles. The molecular formula is C13H13BrF3NO2. The summed E-state index contributed by atoms with van der Waals surface area (Å²) < 4.78 is 44.6.